The van der Waals surface area contributed by atoms with Gasteiger partial charge in [-0.1, -0.05) is 13.0 Å². The summed E-state index contributed by atoms with van der Waals surface area (Å²) >= 11 is 0. The molecule has 124 valence electrons. The zero-order chi connectivity index (χ0) is 16.4. The van der Waals surface area contributed by atoms with Crippen molar-refractivity contribution in [2.45, 2.75) is 24.8 Å². The van der Waals surface area contributed by atoms with Gasteiger partial charge >= 0.3 is 0 Å². The fraction of sp³-hybridized carbons (Fsp3) is 0.467. The Kier molecular flexibility index (Phi) is 4.36. The van der Waals surface area contributed by atoms with E-state index in [0.717, 1.165) is 0 Å². The molecule has 1 fully saturated rings. The highest BCUT2D eigenvalue weighted by Crippen LogP contribution is 2.19. The molecular weight excluding hydrogens is 316 g/mol. The number of carbonyl (C=O) groups excluding carboxylic acids is 1. The summed E-state index contributed by atoms with van der Waals surface area (Å²) in [6.07, 6.45) is 4.17. The average molecular weight is 336 g/mol. The first-order valence-electron chi connectivity index (χ1n) is 7.74. The molecular formula is C15H20N4O3S. The van der Waals surface area contributed by atoms with Crippen LogP contribution in [-0.4, -0.2) is 59.1 Å². The number of rotatable bonds is 3. The Labute approximate surface area is 135 Å². The zero-order valence-corrected chi connectivity index (χ0v) is 13.9. The second-order valence-corrected chi connectivity index (χ2v) is 7.40. The van der Waals surface area contributed by atoms with E-state index in [4.69, 9.17) is 0 Å². The first-order valence-corrected chi connectivity index (χ1v) is 9.18. The van der Waals surface area contributed by atoms with Gasteiger partial charge in [-0.15, -0.1) is 0 Å². The number of pyridine rings is 1. The molecule has 3 rings (SSSR count). The quantitative estimate of drug-likeness (QED) is 0.837. The maximum absolute atomic E-state index is 12.9. The molecule has 0 atom stereocenters. The SMILES string of the molecule is CCC(=O)N1CCCN(S(=O)(=O)c2cnc3ccccn23)CC1. The Bertz CT molecular complexity index is 815. The second kappa shape index (κ2) is 6.29. The Balaban J connectivity index is 1.87. The lowest BCUT2D eigenvalue weighted by Gasteiger charge is -2.21. The van der Waals surface area contributed by atoms with E-state index in [0.29, 0.717) is 44.7 Å². The highest BCUT2D eigenvalue weighted by molar-refractivity contribution is 7.89. The van der Waals surface area contributed by atoms with Crippen LogP contribution >= 0.6 is 0 Å². The van der Waals surface area contributed by atoms with Crippen LogP contribution < -0.4 is 0 Å². The number of hydrogen-bond donors (Lipinski definition) is 0. The normalized spacial score (nSPS) is 17.3. The van der Waals surface area contributed by atoms with Gasteiger partial charge in [0, 0.05) is 38.8 Å². The molecule has 1 aliphatic heterocycles. The molecule has 7 nitrogen and oxygen atoms in total. The molecule has 0 unspecified atom stereocenters. The van der Waals surface area contributed by atoms with Gasteiger partial charge in [0.25, 0.3) is 10.0 Å². The topological polar surface area (TPSA) is 75.0 Å². The standard InChI is InChI=1S/C15H20N4O3S/c1-2-14(20)17-7-5-8-18(11-10-17)23(21,22)15-12-16-13-6-3-4-9-19(13)15/h3-4,6,9,12H,2,5,7-8,10-11H2,1H3. The van der Waals surface area contributed by atoms with Crippen molar-refractivity contribution in [1.82, 2.24) is 18.6 Å². The molecule has 1 saturated heterocycles. The van der Waals surface area contributed by atoms with E-state index in [1.807, 2.05) is 13.0 Å². The lowest BCUT2D eigenvalue weighted by Crippen LogP contribution is -2.37. The molecule has 1 amide bonds. The summed E-state index contributed by atoms with van der Waals surface area (Å²) in [6.45, 7) is 3.58. The van der Waals surface area contributed by atoms with Crippen LogP contribution in [0.15, 0.2) is 35.6 Å². The summed E-state index contributed by atoms with van der Waals surface area (Å²) in [5.41, 5.74) is 0.601. The van der Waals surface area contributed by atoms with Gasteiger partial charge in [0.15, 0.2) is 5.03 Å². The van der Waals surface area contributed by atoms with Crippen LogP contribution in [0.4, 0.5) is 0 Å². The van der Waals surface area contributed by atoms with E-state index in [9.17, 15) is 13.2 Å². The summed E-state index contributed by atoms with van der Waals surface area (Å²) in [7, 11) is -3.63. The van der Waals surface area contributed by atoms with E-state index in [2.05, 4.69) is 4.98 Å². The summed E-state index contributed by atoms with van der Waals surface area (Å²) in [5, 5.41) is 0.170. The number of nitrogens with zero attached hydrogens (tertiary/aromatic N) is 4. The van der Waals surface area contributed by atoms with Crippen molar-refractivity contribution in [3.05, 3.63) is 30.6 Å². The molecule has 0 aliphatic carbocycles. The summed E-state index contributed by atoms with van der Waals surface area (Å²) in [5.74, 6) is 0.0686. The maximum Gasteiger partial charge on any atom is 0.260 e. The zero-order valence-electron chi connectivity index (χ0n) is 13.1. The van der Waals surface area contributed by atoms with Crippen molar-refractivity contribution >= 4 is 21.6 Å². The van der Waals surface area contributed by atoms with Gasteiger partial charge in [0.1, 0.15) is 5.65 Å². The number of imidazole rings is 1. The Morgan fingerprint density at radius 3 is 2.83 bits per heavy atom. The van der Waals surface area contributed by atoms with Gasteiger partial charge < -0.3 is 4.90 Å². The molecule has 0 aromatic carbocycles. The van der Waals surface area contributed by atoms with E-state index in [-0.39, 0.29) is 10.9 Å². The lowest BCUT2D eigenvalue weighted by molar-refractivity contribution is -0.130. The van der Waals surface area contributed by atoms with Gasteiger partial charge in [-0.3, -0.25) is 9.20 Å². The van der Waals surface area contributed by atoms with Crippen molar-refractivity contribution < 1.29 is 13.2 Å². The summed E-state index contributed by atoms with van der Waals surface area (Å²) < 4.78 is 28.9. The third-order valence-corrected chi connectivity index (χ3v) is 5.97. The summed E-state index contributed by atoms with van der Waals surface area (Å²) in [4.78, 5) is 17.7. The largest absolute Gasteiger partial charge is 0.341 e. The molecule has 23 heavy (non-hydrogen) atoms. The minimum atomic E-state index is -3.63. The number of fused-ring (bicyclic) bond motifs is 1. The fourth-order valence-corrected chi connectivity index (χ4v) is 4.38. The third-order valence-electron chi connectivity index (χ3n) is 4.10. The minimum Gasteiger partial charge on any atom is -0.341 e. The molecule has 0 saturated carbocycles. The minimum absolute atomic E-state index is 0.0686. The molecule has 0 bridgehead atoms. The second-order valence-electron chi connectivity index (χ2n) is 5.52. The molecule has 2 aromatic rings. The first-order chi connectivity index (χ1) is 11.0. The van der Waals surface area contributed by atoms with Gasteiger partial charge in [0.05, 0.1) is 6.20 Å². The Morgan fingerprint density at radius 1 is 1.22 bits per heavy atom. The van der Waals surface area contributed by atoms with E-state index < -0.39 is 10.0 Å². The average Bonchev–Trinajstić information content (AvgIpc) is 2.83. The maximum atomic E-state index is 12.9. The Hall–Kier alpha value is -1.93. The van der Waals surface area contributed by atoms with Crippen LogP contribution in [-0.2, 0) is 14.8 Å². The first kappa shape index (κ1) is 15.9. The number of carbonyl (C=O) groups is 1. The van der Waals surface area contributed by atoms with Crippen molar-refractivity contribution in [2.24, 2.45) is 0 Å². The lowest BCUT2D eigenvalue weighted by atomic mass is 10.3. The van der Waals surface area contributed by atoms with Crippen LogP contribution in [0.5, 0.6) is 0 Å². The molecule has 1 aliphatic rings. The number of hydrogen-bond acceptors (Lipinski definition) is 4. The molecule has 0 spiro atoms. The third kappa shape index (κ3) is 2.96. The van der Waals surface area contributed by atoms with Crippen LogP contribution in [0.1, 0.15) is 19.8 Å². The van der Waals surface area contributed by atoms with Crippen molar-refractivity contribution in [1.29, 1.82) is 0 Å². The van der Waals surface area contributed by atoms with Crippen molar-refractivity contribution in [3.63, 3.8) is 0 Å². The fourth-order valence-electron chi connectivity index (χ4n) is 2.84. The highest BCUT2D eigenvalue weighted by Gasteiger charge is 2.30. The van der Waals surface area contributed by atoms with Gasteiger partial charge in [-0.2, -0.15) is 4.31 Å². The number of aromatic nitrogens is 2. The van der Waals surface area contributed by atoms with Crippen molar-refractivity contribution in [3.8, 4) is 0 Å². The predicted molar refractivity (Wildman–Crippen MR) is 85.4 cm³/mol. The predicted octanol–water partition coefficient (Wildman–Crippen LogP) is 0.967. The van der Waals surface area contributed by atoms with Crippen LogP contribution in [0.25, 0.3) is 5.65 Å². The number of sulfonamides is 1. The van der Waals surface area contributed by atoms with Crippen LogP contribution in [0.2, 0.25) is 0 Å². The number of amides is 1. The van der Waals surface area contributed by atoms with Crippen LogP contribution in [0, 0.1) is 0 Å². The monoisotopic (exact) mass is 336 g/mol. The van der Waals surface area contributed by atoms with E-state index >= 15 is 0 Å². The molecule has 0 N–H and O–H groups in total. The van der Waals surface area contributed by atoms with Gasteiger partial charge in [-0.25, -0.2) is 13.4 Å². The van der Waals surface area contributed by atoms with Crippen LogP contribution in [0.3, 0.4) is 0 Å². The van der Waals surface area contributed by atoms with E-state index in [1.54, 1.807) is 27.6 Å². The van der Waals surface area contributed by atoms with Gasteiger partial charge in [0.2, 0.25) is 5.91 Å². The van der Waals surface area contributed by atoms with Crippen molar-refractivity contribution in [2.75, 3.05) is 26.2 Å². The molecule has 8 heteroatoms. The highest BCUT2D eigenvalue weighted by atomic mass is 32.2. The molecule has 0 radical (unpaired) electrons. The molecule has 3 heterocycles. The molecule has 2 aromatic heterocycles. The summed E-state index contributed by atoms with van der Waals surface area (Å²) in [6, 6.07) is 5.36. The van der Waals surface area contributed by atoms with Gasteiger partial charge in [-0.05, 0) is 18.6 Å². The smallest absolute Gasteiger partial charge is 0.260 e. The Morgan fingerprint density at radius 2 is 2.04 bits per heavy atom. The van der Waals surface area contributed by atoms with E-state index in [1.165, 1.54) is 10.5 Å².